The van der Waals surface area contributed by atoms with Crippen molar-refractivity contribution in [1.82, 2.24) is 15.6 Å². The van der Waals surface area contributed by atoms with E-state index >= 15 is 0 Å². The van der Waals surface area contributed by atoms with E-state index in [0.717, 1.165) is 61.4 Å². The van der Waals surface area contributed by atoms with Crippen molar-refractivity contribution in [2.45, 2.75) is 33.1 Å². The fourth-order valence-corrected chi connectivity index (χ4v) is 3.44. The fraction of sp³-hybridized carbons (Fsp3) is 0.500. The average Bonchev–Trinajstić information content (AvgIpc) is 3.10. The first-order valence-electron chi connectivity index (χ1n) is 9.30. The van der Waals surface area contributed by atoms with E-state index in [4.69, 9.17) is 9.47 Å². The average molecular weight is 391 g/mol. The molecule has 1 aromatic heterocycles. The second-order valence-electron chi connectivity index (χ2n) is 6.09. The van der Waals surface area contributed by atoms with Crippen LogP contribution in [0, 0.1) is 6.92 Å². The second-order valence-corrected chi connectivity index (χ2v) is 7.41. The summed E-state index contributed by atoms with van der Waals surface area (Å²) in [5.41, 5.74) is 1.22. The van der Waals surface area contributed by atoms with Crippen molar-refractivity contribution in [2.75, 3.05) is 33.9 Å². The number of methoxy groups -OCH3 is 2. The Labute approximate surface area is 166 Å². The number of hydrogen-bond acceptors (Lipinski definition) is 5. The Hall–Kier alpha value is -2.28. The first-order valence-corrected chi connectivity index (χ1v) is 10.1. The molecule has 0 amide bonds. The van der Waals surface area contributed by atoms with Crippen LogP contribution >= 0.6 is 11.3 Å². The van der Waals surface area contributed by atoms with E-state index in [-0.39, 0.29) is 0 Å². The molecular formula is C20H30N4O2S. The molecule has 0 bridgehead atoms. The van der Waals surface area contributed by atoms with Gasteiger partial charge >= 0.3 is 0 Å². The molecule has 1 heterocycles. The Morgan fingerprint density at radius 1 is 1.15 bits per heavy atom. The summed E-state index contributed by atoms with van der Waals surface area (Å²) in [6.07, 6.45) is 4.75. The van der Waals surface area contributed by atoms with Gasteiger partial charge in [0.05, 0.1) is 19.2 Å². The number of benzene rings is 1. The summed E-state index contributed by atoms with van der Waals surface area (Å²) in [6.45, 7) is 6.59. The van der Waals surface area contributed by atoms with E-state index in [2.05, 4.69) is 40.5 Å². The Morgan fingerprint density at radius 2 is 1.96 bits per heavy atom. The van der Waals surface area contributed by atoms with Crippen LogP contribution in [-0.2, 0) is 12.8 Å². The van der Waals surface area contributed by atoms with Gasteiger partial charge in [-0.05, 0) is 44.4 Å². The zero-order valence-electron chi connectivity index (χ0n) is 16.7. The van der Waals surface area contributed by atoms with Gasteiger partial charge in [0.25, 0.3) is 0 Å². The quantitative estimate of drug-likeness (QED) is 0.370. The highest BCUT2D eigenvalue weighted by Gasteiger charge is 2.05. The molecule has 2 rings (SSSR count). The number of thiazole rings is 1. The minimum Gasteiger partial charge on any atom is -0.493 e. The predicted molar refractivity (Wildman–Crippen MR) is 112 cm³/mol. The van der Waals surface area contributed by atoms with Crippen molar-refractivity contribution in [1.29, 1.82) is 0 Å². The van der Waals surface area contributed by atoms with Gasteiger partial charge in [-0.3, -0.25) is 4.99 Å². The number of nitrogens with zero attached hydrogens (tertiary/aromatic N) is 2. The molecule has 0 aliphatic carbocycles. The minimum absolute atomic E-state index is 0.758. The molecule has 1 aromatic carbocycles. The van der Waals surface area contributed by atoms with Crippen molar-refractivity contribution >= 4 is 17.3 Å². The minimum atomic E-state index is 0.758. The number of hydrogen-bond donors (Lipinski definition) is 2. The molecule has 0 aliphatic heterocycles. The molecule has 0 radical (unpaired) electrons. The summed E-state index contributed by atoms with van der Waals surface area (Å²) < 4.78 is 10.6. The van der Waals surface area contributed by atoms with Crippen molar-refractivity contribution in [3.8, 4) is 11.5 Å². The molecule has 0 spiro atoms. The van der Waals surface area contributed by atoms with Crippen LogP contribution in [0.25, 0.3) is 0 Å². The third-order valence-corrected chi connectivity index (χ3v) is 4.96. The fourth-order valence-electron chi connectivity index (χ4n) is 2.66. The third-order valence-electron chi connectivity index (χ3n) is 3.99. The van der Waals surface area contributed by atoms with Gasteiger partial charge in [-0.2, -0.15) is 0 Å². The summed E-state index contributed by atoms with van der Waals surface area (Å²) >= 11 is 1.75. The van der Waals surface area contributed by atoms with Crippen molar-refractivity contribution in [3.63, 3.8) is 0 Å². The van der Waals surface area contributed by atoms with Gasteiger partial charge in [0.1, 0.15) is 0 Å². The van der Waals surface area contributed by atoms with Crippen LogP contribution in [0.4, 0.5) is 0 Å². The van der Waals surface area contributed by atoms with Crippen LogP contribution < -0.4 is 20.1 Å². The van der Waals surface area contributed by atoms with E-state index in [0.29, 0.717) is 0 Å². The molecule has 2 N–H and O–H groups in total. The number of ether oxygens (including phenoxy) is 2. The van der Waals surface area contributed by atoms with Gasteiger partial charge in [-0.25, -0.2) is 4.98 Å². The number of aryl methyl sites for hydroxylation is 2. The topological polar surface area (TPSA) is 67.8 Å². The summed E-state index contributed by atoms with van der Waals surface area (Å²) in [5.74, 6) is 2.39. The molecular weight excluding hydrogens is 360 g/mol. The van der Waals surface area contributed by atoms with Gasteiger partial charge in [-0.15, -0.1) is 11.3 Å². The molecule has 6 nitrogen and oxygen atoms in total. The molecule has 148 valence electrons. The lowest BCUT2D eigenvalue weighted by molar-refractivity contribution is 0.354. The zero-order chi connectivity index (χ0) is 19.5. The normalized spacial score (nSPS) is 11.3. The van der Waals surface area contributed by atoms with Crippen molar-refractivity contribution in [2.24, 2.45) is 4.99 Å². The summed E-state index contributed by atoms with van der Waals surface area (Å²) in [6, 6.07) is 6.05. The third kappa shape index (κ3) is 7.09. The Balaban J connectivity index is 1.78. The summed E-state index contributed by atoms with van der Waals surface area (Å²) in [4.78, 5) is 10.3. The number of nitrogens with one attached hydrogen (secondary N) is 2. The maximum atomic E-state index is 5.36. The van der Waals surface area contributed by atoms with Crippen LogP contribution in [0.1, 0.15) is 28.8 Å². The van der Waals surface area contributed by atoms with Gasteiger partial charge in [-0.1, -0.05) is 6.07 Å². The van der Waals surface area contributed by atoms with Crippen LogP contribution in [0.15, 0.2) is 29.4 Å². The van der Waals surface area contributed by atoms with E-state index in [9.17, 15) is 0 Å². The molecule has 0 atom stereocenters. The van der Waals surface area contributed by atoms with E-state index in [1.807, 2.05) is 18.3 Å². The Kier molecular flexibility index (Phi) is 8.91. The first-order chi connectivity index (χ1) is 13.2. The molecule has 0 unspecified atom stereocenters. The molecule has 0 saturated carbocycles. The highest BCUT2D eigenvalue weighted by atomic mass is 32.1. The molecule has 2 aromatic rings. The van der Waals surface area contributed by atoms with Gasteiger partial charge in [0.2, 0.25) is 0 Å². The number of aromatic nitrogens is 1. The smallest absolute Gasteiger partial charge is 0.191 e. The standard InChI is InChI=1S/C20H30N4O2S/c1-5-21-20(23-12-10-19-24-14-15(2)27-19)22-11-6-7-16-8-9-17(25-3)18(13-16)26-4/h8-9,13-14H,5-7,10-12H2,1-4H3,(H2,21,22,23). The molecule has 27 heavy (non-hydrogen) atoms. The van der Waals surface area contributed by atoms with Crippen molar-refractivity contribution in [3.05, 3.63) is 39.8 Å². The number of aliphatic imine (C=N–C) groups is 1. The van der Waals surface area contributed by atoms with Gasteiger partial charge in [0, 0.05) is 37.1 Å². The van der Waals surface area contributed by atoms with Crippen LogP contribution in [0.2, 0.25) is 0 Å². The monoisotopic (exact) mass is 390 g/mol. The molecule has 0 saturated heterocycles. The molecule has 0 aliphatic rings. The first kappa shape index (κ1) is 21.0. The molecule has 0 fully saturated rings. The van der Waals surface area contributed by atoms with Gasteiger partial charge < -0.3 is 20.1 Å². The van der Waals surface area contributed by atoms with Crippen LogP contribution in [-0.4, -0.2) is 44.8 Å². The van der Waals surface area contributed by atoms with Crippen LogP contribution in [0.5, 0.6) is 11.5 Å². The summed E-state index contributed by atoms with van der Waals surface area (Å²) in [7, 11) is 3.31. The zero-order valence-corrected chi connectivity index (χ0v) is 17.5. The number of rotatable bonds is 10. The largest absolute Gasteiger partial charge is 0.493 e. The second kappa shape index (κ2) is 11.4. The lowest BCUT2D eigenvalue weighted by Gasteiger charge is -2.11. The lowest BCUT2D eigenvalue weighted by Crippen LogP contribution is -2.38. The Morgan fingerprint density at radius 3 is 2.63 bits per heavy atom. The molecule has 7 heteroatoms. The van der Waals surface area contributed by atoms with Crippen LogP contribution in [0.3, 0.4) is 0 Å². The summed E-state index contributed by atoms with van der Waals surface area (Å²) in [5, 5.41) is 7.83. The van der Waals surface area contributed by atoms with E-state index < -0.39 is 0 Å². The number of guanidine groups is 1. The predicted octanol–water partition coefficient (Wildman–Crippen LogP) is 3.20. The highest BCUT2D eigenvalue weighted by molar-refractivity contribution is 7.11. The lowest BCUT2D eigenvalue weighted by atomic mass is 10.1. The maximum absolute atomic E-state index is 5.36. The SMILES string of the molecule is CCNC(=NCCCc1ccc(OC)c(OC)c1)NCCc1ncc(C)s1. The van der Waals surface area contributed by atoms with E-state index in [1.165, 1.54) is 10.4 Å². The van der Waals surface area contributed by atoms with Crippen molar-refractivity contribution < 1.29 is 9.47 Å². The maximum Gasteiger partial charge on any atom is 0.191 e. The van der Waals surface area contributed by atoms with Gasteiger partial charge in [0.15, 0.2) is 17.5 Å². The highest BCUT2D eigenvalue weighted by Crippen LogP contribution is 2.27. The van der Waals surface area contributed by atoms with E-state index in [1.54, 1.807) is 25.6 Å². The Bertz CT molecular complexity index is 731.